The average Bonchev–Trinajstić information content (AvgIpc) is 2.98. The number of esters is 2. The van der Waals surface area contributed by atoms with Gasteiger partial charge in [0.25, 0.3) is 0 Å². The van der Waals surface area contributed by atoms with Crippen LogP contribution in [0.1, 0.15) is 27.2 Å². The van der Waals surface area contributed by atoms with Crippen LogP contribution in [0, 0.1) is 11.8 Å². The number of fused-ring (bicyclic) bond motifs is 1. The first-order chi connectivity index (χ1) is 12.8. The molecule has 8 nitrogen and oxygen atoms in total. The van der Waals surface area contributed by atoms with Crippen LogP contribution in [0.15, 0.2) is 22.8 Å². The largest absolute Gasteiger partial charge is 0.461 e. The summed E-state index contributed by atoms with van der Waals surface area (Å²) in [5.74, 6) is -1.22. The number of carbonyl (C=O) groups is 2. The van der Waals surface area contributed by atoms with Crippen molar-refractivity contribution in [3.8, 4) is 0 Å². The molecule has 0 saturated heterocycles. The lowest BCUT2D eigenvalue weighted by atomic mass is 9.88. The predicted molar refractivity (Wildman–Crippen MR) is 94.3 cm³/mol. The maximum Gasteiger partial charge on any atom is 0.308 e. The zero-order chi connectivity index (χ0) is 20.1. The van der Waals surface area contributed by atoms with Crippen LogP contribution in [-0.2, 0) is 33.3 Å². The smallest absolute Gasteiger partial charge is 0.308 e. The molecule has 1 heterocycles. The molecule has 4 atom stereocenters. The fraction of sp³-hybridized carbons (Fsp3) is 0.684. The van der Waals surface area contributed by atoms with E-state index in [1.54, 1.807) is 6.08 Å². The molecule has 8 heteroatoms. The Kier molecular flexibility index (Phi) is 7.55. The minimum Gasteiger partial charge on any atom is -0.461 e. The van der Waals surface area contributed by atoms with Gasteiger partial charge in [0, 0.05) is 33.1 Å². The summed E-state index contributed by atoms with van der Waals surface area (Å²) in [6, 6.07) is 0. The number of carbonyl (C=O) groups excluding carboxylic acids is 2. The molecule has 0 saturated carbocycles. The van der Waals surface area contributed by atoms with Crippen LogP contribution in [-0.4, -0.2) is 63.2 Å². The second-order valence-electron chi connectivity index (χ2n) is 6.95. The molecular formula is C19H28O8. The quantitative estimate of drug-likeness (QED) is 0.494. The van der Waals surface area contributed by atoms with E-state index in [1.165, 1.54) is 21.1 Å². The standard InChI is InChI=1S/C19H28O8/c1-10(2)6-15(22)26-19-16-12(8-20)7-14(23-4)17(16)13(9-25-11(3)21)18(24-5)27-19/h7,10,14,16,18-20H,6,8-9H2,1-5H3/t14-,16-,18-,19-/m1/s1. The minimum absolute atomic E-state index is 0.0429. The lowest BCUT2D eigenvalue weighted by molar-refractivity contribution is -0.242. The first-order valence-corrected chi connectivity index (χ1v) is 8.90. The van der Waals surface area contributed by atoms with Crippen LogP contribution in [0.4, 0.5) is 0 Å². The van der Waals surface area contributed by atoms with Crippen LogP contribution in [0.5, 0.6) is 0 Å². The van der Waals surface area contributed by atoms with E-state index >= 15 is 0 Å². The number of hydrogen-bond acceptors (Lipinski definition) is 8. The Morgan fingerprint density at radius 1 is 1.26 bits per heavy atom. The molecule has 2 aliphatic rings. The summed E-state index contributed by atoms with van der Waals surface area (Å²) in [7, 11) is 2.98. The Bertz CT molecular complexity index is 621. The van der Waals surface area contributed by atoms with Gasteiger partial charge in [-0.05, 0) is 23.1 Å². The molecule has 0 unspecified atom stereocenters. The number of ether oxygens (including phenoxy) is 5. The lowest BCUT2D eigenvalue weighted by Crippen LogP contribution is -2.43. The van der Waals surface area contributed by atoms with Gasteiger partial charge in [-0.15, -0.1) is 0 Å². The summed E-state index contributed by atoms with van der Waals surface area (Å²) >= 11 is 0. The van der Waals surface area contributed by atoms with Crippen molar-refractivity contribution < 1.29 is 38.4 Å². The van der Waals surface area contributed by atoms with E-state index in [4.69, 9.17) is 23.7 Å². The van der Waals surface area contributed by atoms with Crippen molar-refractivity contribution in [3.63, 3.8) is 0 Å². The molecular weight excluding hydrogens is 356 g/mol. The minimum atomic E-state index is -0.962. The van der Waals surface area contributed by atoms with Gasteiger partial charge in [-0.25, -0.2) is 0 Å². The fourth-order valence-corrected chi connectivity index (χ4v) is 3.37. The normalized spacial score (nSPS) is 27.4. The van der Waals surface area contributed by atoms with Gasteiger partial charge in [0.15, 0.2) is 6.29 Å². The molecule has 0 aromatic heterocycles. The van der Waals surface area contributed by atoms with Gasteiger partial charge in [-0.3, -0.25) is 9.59 Å². The first kappa shape index (κ1) is 21.6. The number of rotatable bonds is 8. The SMILES string of the molecule is CO[C@@H]1O[C@@H](OC(=O)CC(C)C)[C@@H]2C(CO)=C[C@@H](OC)C2=C1COC(C)=O. The van der Waals surface area contributed by atoms with E-state index in [2.05, 4.69) is 0 Å². The third-order valence-corrected chi connectivity index (χ3v) is 4.50. The average molecular weight is 384 g/mol. The molecule has 1 aliphatic heterocycles. The second kappa shape index (κ2) is 9.45. The summed E-state index contributed by atoms with van der Waals surface area (Å²) in [5, 5.41) is 9.78. The predicted octanol–water partition coefficient (Wildman–Crippen LogP) is 1.33. The van der Waals surface area contributed by atoms with Crippen molar-refractivity contribution in [1.82, 2.24) is 0 Å². The molecule has 0 fully saturated rings. The molecule has 0 aromatic carbocycles. The second-order valence-corrected chi connectivity index (χ2v) is 6.95. The van der Waals surface area contributed by atoms with Crippen molar-refractivity contribution in [2.24, 2.45) is 11.8 Å². The summed E-state index contributed by atoms with van der Waals surface area (Å²) < 4.78 is 27.5. The molecule has 27 heavy (non-hydrogen) atoms. The maximum atomic E-state index is 12.2. The molecule has 1 aliphatic carbocycles. The van der Waals surface area contributed by atoms with Crippen molar-refractivity contribution in [2.75, 3.05) is 27.4 Å². The van der Waals surface area contributed by atoms with Gasteiger partial charge in [-0.2, -0.15) is 0 Å². The number of aliphatic hydroxyl groups excluding tert-OH is 1. The third-order valence-electron chi connectivity index (χ3n) is 4.50. The summed E-state index contributed by atoms with van der Waals surface area (Å²) in [6.45, 7) is 4.86. The van der Waals surface area contributed by atoms with Gasteiger partial charge < -0.3 is 28.8 Å². The molecule has 152 valence electrons. The number of hydrogen-bond donors (Lipinski definition) is 1. The van der Waals surface area contributed by atoms with Crippen LogP contribution in [0.25, 0.3) is 0 Å². The van der Waals surface area contributed by atoms with E-state index in [1.807, 2.05) is 13.8 Å². The van der Waals surface area contributed by atoms with Crippen LogP contribution in [0.3, 0.4) is 0 Å². The highest BCUT2D eigenvalue weighted by molar-refractivity contribution is 5.70. The zero-order valence-corrected chi connectivity index (χ0v) is 16.4. The maximum absolute atomic E-state index is 12.2. The van der Waals surface area contributed by atoms with Gasteiger partial charge in [0.05, 0.1) is 18.6 Å². The van der Waals surface area contributed by atoms with E-state index in [0.717, 1.165) is 5.57 Å². The zero-order valence-electron chi connectivity index (χ0n) is 16.4. The van der Waals surface area contributed by atoms with Gasteiger partial charge >= 0.3 is 11.9 Å². The van der Waals surface area contributed by atoms with E-state index in [0.29, 0.717) is 11.1 Å². The van der Waals surface area contributed by atoms with E-state index in [9.17, 15) is 14.7 Å². The summed E-state index contributed by atoms with van der Waals surface area (Å²) in [5.41, 5.74) is 1.93. The van der Waals surface area contributed by atoms with Gasteiger partial charge in [-0.1, -0.05) is 13.8 Å². The fourth-order valence-electron chi connectivity index (χ4n) is 3.37. The third kappa shape index (κ3) is 4.95. The van der Waals surface area contributed by atoms with Crippen molar-refractivity contribution in [3.05, 3.63) is 22.8 Å². The monoisotopic (exact) mass is 384 g/mol. The number of aliphatic hydroxyl groups is 1. The first-order valence-electron chi connectivity index (χ1n) is 8.90. The molecule has 2 rings (SSSR count). The molecule has 1 N–H and O–H groups in total. The van der Waals surface area contributed by atoms with Crippen molar-refractivity contribution in [1.29, 1.82) is 0 Å². The molecule has 0 radical (unpaired) electrons. The molecule has 0 spiro atoms. The van der Waals surface area contributed by atoms with Crippen LogP contribution >= 0.6 is 0 Å². The Morgan fingerprint density at radius 2 is 1.96 bits per heavy atom. The molecule has 0 bridgehead atoms. The Balaban J connectivity index is 2.39. The van der Waals surface area contributed by atoms with Gasteiger partial charge in [0.2, 0.25) is 6.29 Å². The Morgan fingerprint density at radius 3 is 2.48 bits per heavy atom. The number of methoxy groups -OCH3 is 2. The lowest BCUT2D eigenvalue weighted by Gasteiger charge is -2.38. The van der Waals surface area contributed by atoms with Crippen molar-refractivity contribution in [2.45, 2.75) is 45.9 Å². The van der Waals surface area contributed by atoms with Gasteiger partial charge in [0.1, 0.15) is 6.61 Å². The Labute approximate surface area is 159 Å². The highest BCUT2D eigenvalue weighted by atomic mass is 16.8. The van der Waals surface area contributed by atoms with Crippen molar-refractivity contribution >= 4 is 11.9 Å². The topological polar surface area (TPSA) is 101 Å². The van der Waals surface area contributed by atoms with Crippen LogP contribution < -0.4 is 0 Å². The highest BCUT2D eigenvalue weighted by Crippen LogP contribution is 2.44. The summed E-state index contributed by atoms with van der Waals surface area (Å²) in [6.07, 6.45) is -0.281. The van der Waals surface area contributed by atoms with E-state index < -0.39 is 36.5 Å². The Hall–Kier alpha value is -1.74. The van der Waals surface area contributed by atoms with Crippen LogP contribution in [0.2, 0.25) is 0 Å². The van der Waals surface area contributed by atoms with E-state index in [-0.39, 0.29) is 25.6 Å². The molecule has 0 amide bonds. The summed E-state index contributed by atoms with van der Waals surface area (Å²) in [4.78, 5) is 23.5. The highest BCUT2D eigenvalue weighted by Gasteiger charge is 2.47. The molecule has 0 aromatic rings.